The van der Waals surface area contributed by atoms with Crippen LogP contribution >= 0.6 is 0 Å². The fourth-order valence-electron chi connectivity index (χ4n) is 2.23. The first-order chi connectivity index (χ1) is 8.33. The van der Waals surface area contributed by atoms with Gasteiger partial charge in [-0.25, -0.2) is 15.0 Å². The molecular weight excluding hydrogens is 214 g/mol. The molecular formula is C12H15N5. The van der Waals surface area contributed by atoms with Crippen molar-refractivity contribution in [1.29, 1.82) is 0 Å². The summed E-state index contributed by atoms with van der Waals surface area (Å²) in [5.41, 5.74) is 1.94. The van der Waals surface area contributed by atoms with Gasteiger partial charge in [-0.3, -0.25) is 0 Å². The molecule has 1 atom stereocenters. The number of hydrogen-bond donors (Lipinski definition) is 2. The topological polar surface area (TPSA) is 66.5 Å². The van der Waals surface area contributed by atoms with E-state index >= 15 is 0 Å². The zero-order chi connectivity index (χ0) is 11.7. The molecule has 3 heterocycles. The Kier molecular flexibility index (Phi) is 2.60. The molecule has 0 saturated carbocycles. The lowest BCUT2D eigenvalue weighted by molar-refractivity contribution is 0.623. The highest BCUT2D eigenvalue weighted by Crippen LogP contribution is 2.23. The van der Waals surface area contributed by atoms with E-state index in [-0.39, 0.29) is 0 Å². The van der Waals surface area contributed by atoms with Crippen LogP contribution in [0.25, 0.3) is 11.5 Å². The molecule has 0 amide bonds. The summed E-state index contributed by atoms with van der Waals surface area (Å²) in [6.07, 6.45) is 5.90. The van der Waals surface area contributed by atoms with E-state index < -0.39 is 0 Å². The number of aromatic nitrogens is 4. The molecule has 5 heteroatoms. The first-order valence-corrected chi connectivity index (χ1v) is 5.91. The van der Waals surface area contributed by atoms with Gasteiger partial charge in [0.15, 0.2) is 5.82 Å². The average Bonchev–Trinajstić information content (AvgIpc) is 3.02. The summed E-state index contributed by atoms with van der Waals surface area (Å²) in [5, 5.41) is 3.45. The second kappa shape index (κ2) is 4.25. The smallest absolute Gasteiger partial charge is 0.156 e. The zero-order valence-corrected chi connectivity index (χ0v) is 9.77. The minimum Gasteiger partial charge on any atom is -0.343 e. The van der Waals surface area contributed by atoms with Gasteiger partial charge in [-0.05, 0) is 32.4 Å². The Labute approximate surface area is 99.7 Å². The van der Waals surface area contributed by atoms with Gasteiger partial charge in [0.1, 0.15) is 11.5 Å². The minimum absolute atomic E-state index is 0.366. The number of hydrogen-bond acceptors (Lipinski definition) is 4. The third-order valence-corrected chi connectivity index (χ3v) is 3.02. The van der Waals surface area contributed by atoms with Crippen molar-refractivity contribution < 1.29 is 0 Å². The van der Waals surface area contributed by atoms with Gasteiger partial charge in [0, 0.05) is 18.4 Å². The van der Waals surface area contributed by atoms with Crippen LogP contribution in [0.3, 0.4) is 0 Å². The zero-order valence-electron chi connectivity index (χ0n) is 9.77. The Balaban J connectivity index is 2.00. The van der Waals surface area contributed by atoms with E-state index in [2.05, 4.69) is 25.3 Å². The molecule has 1 saturated heterocycles. The fourth-order valence-corrected chi connectivity index (χ4v) is 2.23. The van der Waals surface area contributed by atoms with Crippen LogP contribution < -0.4 is 5.32 Å². The molecule has 0 spiro atoms. The van der Waals surface area contributed by atoms with Gasteiger partial charge in [0.05, 0.1) is 5.69 Å². The molecule has 0 aliphatic carbocycles. The summed E-state index contributed by atoms with van der Waals surface area (Å²) in [6.45, 7) is 2.99. The van der Waals surface area contributed by atoms with E-state index in [0.717, 1.165) is 36.0 Å². The van der Waals surface area contributed by atoms with Crippen molar-refractivity contribution in [3.63, 3.8) is 0 Å². The van der Waals surface area contributed by atoms with Gasteiger partial charge in [-0.1, -0.05) is 0 Å². The van der Waals surface area contributed by atoms with Crippen LogP contribution in [0.2, 0.25) is 0 Å². The maximum absolute atomic E-state index is 4.51. The van der Waals surface area contributed by atoms with Crippen LogP contribution in [0.15, 0.2) is 18.5 Å². The Morgan fingerprint density at radius 3 is 3.00 bits per heavy atom. The molecule has 2 aromatic heterocycles. The van der Waals surface area contributed by atoms with Gasteiger partial charge < -0.3 is 10.3 Å². The van der Waals surface area contributed by atoms with Crippen molar-refractivity contribution in [2.75, 3.05) is 6.54 Å². The molecule has 3 rings (SSSR count). The maximum Gasteiger partial charge on any atom is 0.156 e. The van der Waals surface area contributed by atoms with Crippen molar-refractivity contribution in [1.82, 2.24) is 25.3 Å². The monoisotopic (exact) mass is 229 g/mol. The molecule has 5 nitrogen and oxygen atoms in total. The lowest BCUT2D eigenvalue weighted by Crippen LogP contribution is -2.15. The van der Waals surface area contributed by atoms with E-state index in [1.807, 2.05) is 13.0 Å². The summed E-state index contributed by atoms with van der Waals surface area (Å²) in [5.74, 6) is 1.59. The van der Waals surface area contributed by atoms with E-state index in [4.69, 9.17) is 0 Å². The average molecular weight is 229 g/mol. The molecule has 1 fully saturated rings. The van der Waals surface area contributed by atoms with Crippen molar-refractivity contribution in [2.24, 2.45) is 0 Å². The number of aromatic amines is 1. The van der Waals surface area contributed by atoms with Crippen molar-refractivity contribution in [2.45, 2.75) is 25.8 Å². The number of nitrogens with zero attached hydrogens (tertiary/aromatic N) is 3. The van der Waals surface area contributed by atoms with E-state index in [1.165, 1.54) is 6.42 Å². The first kappa shape index (κ1) is 10.4. The van der Waals surface area contributed by atoms with Gasteiger partial charge >= 0.3 is 0 Å². The van der Waals surface area contributed by atoms with Crippen molar-refractivity contribution >= 4 is 0 Å². The van der Waals surface area contributed by atoms with Gasteiger partial charge in [0.25, 0.3) is 0 Å². The summed E-state index contributed by atoms with van der Waals surface area (Å²) in [4.78, 5) is 16.2. The van der Waals surface area contributed by atoms with Crippen LogP contribution in [-0.2, 0) is 0 Å². The predicted molar refractivity (Wildman–Crippen MR) is 64.3 cm³/mol. The van der Waals surface area contributed by atoms with Crippen molar-refractivity contribution in [3.8, 4) is 11.5 Å². The lowest BCUT2D eigenvalue weighted by atomic mass is 10.1. The highest BCUT2D eigenvalue weighted by Gasteiger charge is 2.19. The van der Waals surface area contributed by atoms with Gasteiger partial charge in [-0.2, -0.15) is 0 Å². The Bertz CT molecular complexity index is 500. The molecule has 1 aliphatic heterocycles. The van der Waals surface area contributed by atoms with E-state index in [1.54, 1.807) is 12.4 Å². The predicted octanol–water partition coefficient (Wildman–Crippen LogP) is 1.60. The third-order valence-electron chi connectivity index (χ3n) is 3.02. The summed E-state index contributed by atoms with van der Waals surface area (Å²) in [6, 6.07) is 2.39. The molecule has 2 aromatic rings. The normalized spacial score (nSPS) is 19.7. The molecule has 0 bridgehead atoms. The number of aryl methyl sites for hydroxylation is 1. The lowest BCUT2D eigenvalue weighted by Gasteiger charge is -2.11. The van der Waals surface area contributed by atoms with Gasteiger partial charge in [0.2, 0.25) is 0 Å². The summed E-state index contributed by atoms with van der Waals surface area (Å²) >= 11 is 0. The second-order valence-corrected chi connectivity index (χ2v) is 4.31. The van der Waals surface area contributed by atoms with E-state index in [9.17, 15) is 0 Å². The molecule has 88 valence electrons. The molecule has 0 unspecified atom stereocenters. The fraction of sp³-hybridized carbons (Fsp3) is 0.417. The molecule has 0 radical (unpaired) electrons. The van der Waals surface area contributed by atoms with Crippen LogP contribution in [0.1, 0.15) is 30.4 Å². The summed E-state index contributed by atoms with van der Waals surface area (Å²) < 4.78 is 0. The largest absolute Gasteiger partial charge is 0.343 e. The first-order valence-electron chi connectivity index (χ1n) is 5.91. The third kappa shape index (κ3) is 2.06. The van der Waals surface area contributed by atoms with Crippen LogP contribution in [-0.4, -0.2) is 26.5 Å². The highest BCUT2D eigenvalue weighted by atomic mass is 15.0. The molecule has 1 aliphatic rings. The van der Waals surface area contributed by atoms with Crippen LogP contribution in [0.5, 0.6) is 0 Å². The molecule has 2 N–H and O–H groups in total. The Morgan fingerprint density at radius 1 is 1.35 bits per heavy atom. The van der Waals surface area contributed by atoms with E-state index in [0.29, 0.717) is 6.04 Å². The van der Waals surface area contributed by atoms with Gasteiger partial charge in [-0.15, -0.1) is 0 Å². The number of H-pyrrole nitrogens is 1. The number of rotatable bonds is 2. The second-order valence-electron chi connectivity index (χ2n) is 4.31. The Hall–Kier alpha value is -1.75. The van der Waals surface area contributed by atoms with Crippen LogP contribution in [0.4, 0.5) is 0 Å². The highest BCUT2D eigenvalue weighted by molar-refractivity contribution is 5.49. The SMILES string of the molecule is Cc1nc(-c2ncc[nH]2)cc([C@@H]2CCCN2)n1. The maximum atomic E-state index is 4.51. The van der Waals surface area contributed by atoms with Crippen molar-refractivity contribution in [3.05, 3.63) is 30.0 Å². The molecule has 17 heavy (non-hydrogen) atoms. The Morgan fingerprint density at radius 2 is 2.29 bits per heavy atom. The van der Waals surface area contributed by atoms with Crippen LogP contribution in [0, 0.1) is 6.92 Å². The standard InChI is InChI=1S/C12H15N5/c1-8-16-10(9-3-2-4-13-9)7-11(17-8)12-14-5-6-15-12/h5-7,9,13H,2-4H2,1H3,(H,14,15)/t9-/m0/s1. The number of imidazole rings is 1. The number of nitrogens with one attached hydrogen (secondary N) is 2. The molecule has 0 aromatic carbocycles. The quantitative estimate of drug-likeness (QED) is 0.820. The summed E-state index contributed by atoms with van der Waals surface area (Å²) in [7, 11) is 0. The minimum atomic E-state index is 0.366.